The molecule has 3 rings (SSSR count). The zero-order valence-corrected chi connectivity index (χ0v) is 10.7. The summed E-state index contributed by atoms with van der Waals surface area (Å²) < 4.78 is 5.59. The van der Waals surface area contributed by atoms with Gasteiger partial charge in [0.2, 0.25) is 0 Å². The molecule has 20 heavy (non-hydrogen) atoms. The molecule has 0 saturated carbocycles. The summed E-state index contributed by atoms with van der Waals surface area (Å²) in [6.45, 7) is 0.527. The molecule has 1 aliphatic rings. The Bertz CT molecular complexity index is 670. The molecule has 0 radical (unpaired) electrons. The van der Waals surface area contributed by atoms with Gasteiger partial charge in [-0.15, -0.1) is 0 Å². The standard InChI is InChI=1S/C15H14N2O3/c16-11-7-9(15(18)19)5-6-12(11)17-13-8-20-14-4-2-1-3-10(13)14/h1-7,13,17H,8,16H2,(H,18,19). The second-order valence-corrected chi connectivity index (χ2v) is 4.65. The molecule has 5 heteroatoms. The molecule has 0 saturated heterocycles. The molecule has 2 aromatic carbocycles. The average Bonchev–Trinajstić information content (AvgIpc) is 2.84. The third-order valence-electron chi connectivity index (χ3n) is 3.33. The lowest BCUT2D eigenvalue weighted by Gasteiger charge is -2.15. The Morgan fingerprint density at radius 2 is 2.10 bits per heavy atom. The summed E-state index contributed by atoms with van der Waals surface area (Å²) in [6, 6.07) is 12.5. The molecule has 5 nitrogen and oxygen atoms in total. The van der Waals surface area contributed by atoms with Crippen molar-refractivity contribution in [2.75, 3.05) is 17.7 Å². The summed E-state index contributed by atoms with van der Waals surface area (Å²) in [6.07, 6.45) is 0. The Labute approximate surface area is 116 Å². The lowest BCUT2D eigenvalue weighted by atomic mass is 10.1. The fourth-order valence-electron chi connectivity index (χ4n) is 2.30. The zero-order valence-electron chi connectivity index (χ0n) is 10.7. The molecular formula is C15H14N2O3. The molecule has 1 atom stereocenters. The highest BCUT2D eigenvalue weighted by molar-refractivity contribution is 5.90. The molecule has 0 aromatic heterocycles. The number of carboxylic acid groups (broad SMARTS) is 1. The number of aromatic carboxylic acids is 1. The van der Waals surface area contributed by atoms with Gasteiger partial charge in [0.25, 0.3) is 0 Å². The minimum absolute atomic E-state index is 0.0178. The van der Waals surface area contributed by atoms with E-state index in [1.54, 1.807) is 6.07 Å². The van der Waals surface area contributed by atoms with Crippen LogP contribution in [-0.2, 0) is 0 Å². The number of nitrogen functional groups attached to an aromatic ring is 1. The Balaban J connectivity index is 1.84. The fourth-order valence-corrected chi connectivity index (χ4v) is 2.30. The highest BCUT2D eigenvalue weighted by Gasteiger charge is 2.23. The first-order valence-electron chi connectivity index (χ1n) is 6.26. The first-order chi connectivity index (χ1) is 9.65. The number of carbonyl (C=O) groups is 1. The summed E-state index contributed by atoms with van der Waals surface area (Å²) in [5, 5.41) is 12.2. The predicted molar refractivity (Wildman–Crippen MR) is 76.1 cm³/mol. The number of fused-ring (bicyclic) bond motifs is 1. The number of benzene rings is 2. The molecule has 0 spiro atoms. The first-order valence-corrected chi connectivity index (χ1v) is 6.26. The maximum absolute atomic E-state index is 10.9. The van der Waals surface area contributed by atoms with Gasteiger partial charge in [-0.25, -0.2) is 4.79 Å². The van der Waals surface area contributed by atoms with Crippen molar-refractivity contribution >= 4 is 17.3 Å². The fraction of sp³-hybridized carbons (Fsp3) is 0.133. The van der Waals surface area contributed by atoms with Crippen molar-refractivity contribution in [1.29, 1.82) is 0 Å². The van der Waals surface area contributed by atoms with Gasteiger partial charge in [0, 0.05) is 5.56 Å². The van der Waals surface area contributed by atoms with Crippen molar-refractivity contribution in [2.45, 2.75) is 6.04 Å². The summed E-state index contributed by atoms with van der Waals surface area (Å²) in [4.78, 5) is 10.9. The quantitative estimate of drug-likeness (QED) is 0.746. The molecular weight excluding hydrogens is 256 g/mol. The highest BCUT2D eigenvalue weighted by Crippen LogP contribution is 2.35. The van der Waals surface area contributed by atoms with Crippen LogP contribution in [0.4, 0.5) is 11.4 Å². The van der Waals surface area contributed by atoms with Gasteiger partial charge >= 0.3 is 5.97 Å². The van der Waals surface area contributed by atoms with E-state index >= 15 is 0 Å². The van der Waals surface area contributed by atoms with Crippen LogP contribution in [0.3, 0.4) is 0 Å². The summed E-state index contributed by atoms with van der Waals surface area (Å²) in [5.74, 6) is -0.122. The number of carboxylic acids is 1. The van der Waals surface area contributed by atoms with Gasteiger partial charge in [0.05, 0.1) is 23.0 Å². The number of nitrogens with two attached hydrogens (primary N) is 1. The number of para-hydroxylation sites is 1. The number of anilines is 2. The van der Waals surface area contributed by atoms with E-state index in [1.165, 1.54) is 12.1 Å². The topological polar surface area (TPSA) is 84.6 Å². The van der Waals surface area contributed by atoms with Gasteiger partial charge in [-0.2, -0.15) is 0 Å². The van der Waals surface area contributed by atoms with Gasteiger partial charge in [-0.3, -0.25) is 0 Å². The van der Waals surface area contributed by atoms with Crippen LogP contribution in [0.1, 0.15) is 22.0 Å². The van der Waals surface area contributed by atoms with Crippen LogP contribution in [0.15, 0.2) is 42.5 Å². The molecule has 1 unspecified atom stereocenters. The third-order valence-corrected chi connectivity index (χ3v) is 3.33. The van der Waals surface area contributed by atoms with Crippen LogP contribution in [-0.4, -0.2) is 17.7 Å². The molecule has 0 amide bonds. The Morgan fingerprint density at radius 1 is 1.30 bits per heavy atom. The second-order valence-electron chi connectivity index (χ2n) is 4.65. The van der Waals surface area contributed by atoms with Crippen molar-refractivity contribution in [3.8, 4) is 5.75 Å². The molecule has 1 aliphatic heterocycles. The second kappa shape index (κ2) is 4.77. The van der Waals surface area contributed by atoms with Gasteiger partial charge in [0.15, 0.2) is 0 Å². The normalized spacial score (nSPS) is 16.3. The monoisotopic (exact) mass is 270 g/mol. The smallest absolute Gasteiger partial charge is 0.335 e. The van der Waals surface area contributed by atoms with E-state index < -0.39 is 5.97 Å². The molecule has 0 fully saturated rings. The first kappa shape index (κ1) is 12.3. The lowest BCUT2D eigenvalue weighted by Crippen LogP contribution is -2.13. The van der Waals surface area contributed by atoms with Gasteiger partial charge in [0.1, 0.15) is 12.4 Å². The summed E-state index contributed by atoms with van der Waals surface area (Å²) >= 11 is 0. The largest absolute Gasteiger partial charge is 0.491 e. The van der Waals surface area contributed by atoms with E-state index in [1.807, 2.05) is 24.3 Å². The predicted octanol–water partition coefficient (Wildman–Crippen LogP) is 2.51. The Kier molecular flexibility index (Phi) is 2.95. The Hall–Kier alpha value is -2.69. The number of hydrogen-bond acceptors (Lipinski definition) is 4. The van der Waals surface area contributed by atoms with Crippen molar-refractivity contribution in [3.63, 3.8) is 0 Å². The molecule has 102 valence electrons. The highest BCUT2D eigenvalue weighted by atomic mass is 16.5. The van der Waals surface area contributed by atoms with E-state index in [0.717, 1.165) is 11.3 Å². The summed E-state index contributed by atoms with van der Waals surface area (Å²) in [7, 11) is 0. The van der Waals surface area contributed by atoms with Crippen molar-refractivity contribution < 1.29 is 14.6 Å². The van der Waals surface area contributed by atoms with E-state index in [4.69, 9.17) is 15.6 Å². The van der Waals surface area contributed by atoms with Crippen molar-refractivity contribution in [1.82, 2.24) is 0 Å². The van der Waals surface area contributed by atoms with E-state index in [2.05, 4.69) is 5.32 Å². The van der Waals surface area contributed by atoms with Crippen LogP contribution in [0.2, 0.25) is 0 Å². The molecule has 2 aromatic rings. The van der Waals surface area contributed by atoms with Crippen molar-refractivity contribution in [3.05, 3.63) is 53.6 Å². The van der Waals surface area contributed by atoms with Gasteiger partial charge in [-0.1, -0.05) is 18.2 Å². The average molecular weight is 270 g/mol. The van der Waals surface area contributed by atoms with Crippen LogP contribution in [0, 0.1) is 0 Å². The third kappa shape index (κ3) is 2.14. The van der Waals surface area contributed by atoms with Crippen molar-refractivity contribution in [2.24, 2.45) is 0 Å². The van der Waals surface area contributed by atoms with E-state index in [9.17, 15) is 4.79 Å². The minimum Gasteiger partial charge on any atom is -0.491 e. The van der Waals surface area contributed by atoms with Crippen LogP contribution in [0.5, 0.6) is 5.75 Å². The molecule has 0 bridgehead atoms. The van der Waals surface area contributed by atoms with E-state index in [0.29, 0.717) is 18.0 Å². The SMILES string of the molecule is Nc1cc(C(=O)O)ccc1NC1COc2ccccc21. The maximum atomic E-state index is 10.9. The number of rotatable bonds is 3. The Morgan fingerprint density at radius 3 is 2.85 bits per heavy atom. The number of ether oxygens (including phenoxy) is 1. The van der Waals surface area contributed by atoms with Crippen LogP contribution in [0.25, 0.3) is 0 Å². The number of hydrogen-bond donors (Lipinski definition) is 3. The van der Waals surface area contributed by atoms with Gasteiger partial charge in [-0.05, 0) is 24.3 Å². The van der Waals surface area contributed by atoms with Gasteiger partial charge < -0.3 is 20.9 Å². The lowest BCUT2D eigenvalue weighted by molar-refractivity contribution is 0.0697. The van der Waals surface area contributed by atoms with Crippen LogP contribution >= 0.6 is 0 Å². The minimum atomic E-state index is -0.988. The molecule has 4 N–H and O–H groups in total. The van der Waals surface area contributed by atoms with Crippen LogP contribution < -0.4 is 15.8 Å². The zero-order chi connectivity index (χ0) is 14.1. The van der Waals surface area contributed by atoms with E-state index in [-0.39, 0.29) is 11.6 Å². The molecule has 0 aliphatic carbocycles. The number of nitrogens with one attached hydrogen (secondary N) is 1. The maximum Gasteiger partial charge on any atom is 0.335 e. The molecule has 1 heterocycles. The summed E-state index contributed by atoms with van der Waals surface area (Å²) in [5.41, 5.74) is 8.27.